The van der Waals surface area contributed by atoms with Crippen molar-refractivity contribution in [2.45, 2.75) is 0 Å². The van der Waals surface area contributed by atoms with Gasteiger partial charge in [-0.2, -0.15) is 0 Å². The first-order valence-corrected chi connectivity index (χ1v) is 4.33. The van der Waals surface area contributed by atoms with E-state index >= 15 is 0 Å². The van der Waals surface area contributed by atoms with E-state index < -0.39 is 38.8 Å². The Kier molecular flexibility index (Phi) is 2.13. The molecule has 1 aromatic carbocycles. The Bertz CT molecular complexity index is 698. The Hall–Kier alpha value is -2.77. The van der Waals surface area contributed by atoms with Crippen LogP contribution in [0.5, 0.6) is 11.6 Å². The lowest BCUT2D eigenvalue weighted by molar-refractivity contribution is -0.614. The van der Waals surface area contributed by atoms with Gasteiger partial charge in [-0.05, 0) is 0 Å². The van der Waals surface area contributed by atoms with Crippen LogP contribution in [0.3, 0.4) is 0 Å². The molecule has 0 spiro atoms. The molecule has 0 fully saturated rings. The maximum atomic E-state index is 11.1. The number of nitrogens with zero attached hydrogens (tertiary/aromatic N) is 2. The Morgan fingerprint density at radius 1 is 1.24 bits per heavy atom. The van der Waals surface area contributed by atoms with Gasteiger partial charge in [-0.3, -0.25) is 19.7 Å². The van der Waals surface area contributed by atoms with Crippen molar-refractivity contribution >= 4 is 5.69 Å². The van der Waals surface area contributed by atoms with Gasteiger partial charge < -0.3 is 10.2 Å². The van der Waals surface area contributed by atoms with Gasteiger partial charge in [0.15, 0.2) is 0 Å². The molecule has 8 nitrogen and oxygen atoms in total. The van der Waals surface area contributed by atoms with Gasteiger partial charge in [0.2, 0.25) is 5.43 Å². The number of hydrogen-bond donors (Lipinski definition) is 1. The van der Waals surface area contributed by atoms with Gasteiger partial charge in [-0.25, -0.2) is 0 Å². The van der Waals surface area contributed by atoms with E-state index in [0.29, 0.717) is 4.57 Å². The van der Waals surface area contributed by atoms with Crippen LogP contribution in [-0.2, 0) is 0 Å². The summed E-state index contributed by atoms with van der Waals surface area (Å²) in [6.45, 7) is 0. The van der Waals surface area contributed by atoms with Gasteiger partial charge in [0.05, 0.1) is 11.0 Å². The SMILES string of the molecule is O=c1c([O-])c(-[n+]2cc([N+](=O)[O-])ccc2O)c1=O. The van der Waals surface area contributed by atoms with Crippen LogP contribution in [-0.4, -0.2) is 10.0 Å². The fraction of sp³-hybridized carbons (Fsp3) is 0. The molecule has 1 N–H and O–H groups in total. The van der Waals surface area contributed by atoms with Crippen LogP contribution >= 0.6 is 0 Å². The van der Waals surface area contributed by atoms with Crippen LogP contribution in [0.25, 0.3) is 5.69 Å². The molecular weight excluding hydrogens is 232 g/mol. The molecule has 17 heavy (non-hydrogen) atoms. The number of rotatable bonds is 2. The third kappa shape index (κ3) is 1.42. The van der Waals surface area contributed by atoms with Crippen molar-refractivity contribution in [3.8, 4) is 17.3 Å². The molecule has 0 aliphatic rings. The van der Waals surface area contributed by atoms with E-state index in [1.807, 2.05) is 0 Å². The molecule has 86 valence electrons. The number of aromatic hydroxyl groups is 1. The summed E-state index contributed by atoms with van der Waals surface area (Å²) < 4.78 is 0.629. The highest BCUT2D eigenvalue weighted by Crippen LogP contribution is 2.15. The number of nitro groups is 1. The van der Waals surface area contributed by atoms with Crippen LogP contribution in [0.4, 0.5) is 5.69 Å². The highest BCUT2D eigenvalue weighted by Gasteiger charge is 2.28. The Morgan fingerprint density at radius 3 is 2.41 bits per heavy atom. The third-order valence-corrected chi connectivity index (χ3v) is 2.21. The van der Waals surface area contributed by atoms with Crippen molar-refractivity contribution in [1.29, 1.82) is 0 Å². The summed E-state index contributed by atoms with van der Waals surface area (Å²) in [4.78, 5) is 31.6. The van der Waals surface area contributed by atoms with Crippen molar-refractivity contribution in [1.82, 2.24) is 0 Å². The molecule has 2 aromatic rings. The predicted octanol–water partition coefficient (Wildman–Crippen LogP) is -1.75. The molecule has 8 heteroatoms. The highest BCUT2D eigenvalue weighted by molar-refractivity contribution is 5.44. The number of pyridine rings is 1. The average molecular weight is 236 g/mol. The Balaban J connectivity index is 2.68. The van der Waals surface area contributed by atoms with E-state index in [4.69, 9.17) is 0 Å². The predicted molar refractivity (Wildman–Crippen MR) is 50.7 cm³/mol. The summed E-state index contributed by atoms with van der Waals surface area (Å²) in [5.41, 5.74) is -3.28. The van der Waals surface area contributed by atoms with Gasteiger partial charge in [-0.1, -0.05) is 0 Å². The normalized spacial score (nSPS) is 10.6. The molecule has 0 saturated heterocycles. The van der Waals surface area contributed by atoms with Crippen LogP contribution in [0.1, 0.15) is 0 Å². The fourth-order valence-corrected chi connectivity index (χ4v) is 1.35. The molecular formula is C9H4N2O6. The molecule has 0 aliphatic carbocycles. The van der Waals surface area contributed by atoms with E-state index in [-0.39, 0.29) is 0 Å². The van der Waals surface area contributed by atoms with E-state index in [2.05, 4.69) is 0 Å². The molecule has 1 aromatic heterocycles. The second-order valence-electron chi connectivity index (χ2n) is 3.21. The van der Waals surface area contributed by atoms with Crippen molar-refractivity contribution in [3.63, 3.8) is 0 Å². The van der Waals surface area contributed by atoms with E-state index in [9.17, 15) is 29.9 Å². The van der Waals surface area contributed by atoms with Gasteiger partial charge in [0.25, 0.3) is 17.3 Å². The molecule has 0 radical (unpaired) electrons. The molecule has 0 saturated carbocycles. The first-order valence-electron chi connectivity index (χ1n) is 4.33. The lowest BCUT2D eigenvalue weighted by atomic mass is 10.2. The van der Waals surface area contributed by atoms with E-state index in [1.54, 1.807) is 0 Å². The summed E-state index contributed by atoms with van der Waals surface area (Å²) in [7, 11) is 0. The van der Waals surface area contributed by atoms with Gasteiger partial charge in [-0.15, -0.1) is 4.57 Å². The van der Waals surface area contributed by atoms with E-state index in [1.165, 1.54) is 0 Å². The summed E-state index contributed by atoms with van der Waals surface area (Å²) in [5.74, 6) is -1.62. The number of hydrogen-bond acceptors (Lipinski definition) is 6. The molecule has 0 bridgehead atoms. The molecule has 0 amide bonds. The standard InChI is InChI=1S/C9H4N2O6/c12-5-2-1-4(11(16)17)3-10(5)6-7(13)9(15)8(6)14/h1-3H,(H,13,14). The second kappa shape index (κ2) is 3.37. The first kappa shape index (κ1) is 10.7. The minimum atomic E-state index is -1.20. The average Bonchev–Trinajstić information content (AvgIpc) is 2.31. The largest absolute Gasteiger partial charge is 0.865 e. The molecule has 0 aliphatic heterocycles. The molecule has 0 unspecified atom stereocenters. The molecule has 2 rings (SSSR count). The maximum Gasteiger partial charge on any atom is 0.371 e. The number of aromatic nitrogens is 1. The van der Waals surface area contributed by atoms with E-state index in [0.717, 1.165) is 18.3 Å². The zero-order valence-corrected chi connectivity index (χ0v) is 8.11. The fourth-order valence-electron chi connectivity index (χ4n) is 1.35. The Labute approximate surface area is 92.5 Å². The highest BCUT2D eigenvalue weighted by atomic mass is 16.6. The monoisotopic (exact) mass is 236 g/mol. The van der Waals surface area contributed by atoms with Crippen molar-refractivity contribution in [3.05, 3.63) is 48.9 Å². The van der Waals surface area contributed by atoms with Crippen molar-refractivity contribution < 1.29 is 19.7 Å². The topological polar surface area (TPSA) is 124 Å². The van der Waals surface area contributed by atoms with Gasteiger partial charge >= 0.3 is 11.6 Å². The second-order valence-corrected chi connectivity index (χ2v) is 3.21. The zero-order valence-electron chi connectivity index (χ0n) is 8.11. The zero-order chi connectivity index (χ0) is 12.7. The first-order chi connectivity index (χ1) is 7.93. The summed E-state index contributed by atoms with van der Waals surface area (Å²) in [6.07, 6.45) is 0.799. The van der Waals surface area contributed by atoms with Crippen LogP contribution in [0.2, 0.25) is 0 Å². The lowest BCUT2D eigenvalue weighted by Gasteiger charge is -2.08. The van der Waals surface area contributed by atoms with Crippen molar-refractivity contribution in [2.24, 2.45) is 0 Å². The molecule has 0 atom stereocenters. The summed E-state index contributed by atoms with van der Waals surface area (Å²) >= 11 is 0. The third-order valence-electron chi connectivity index (χ3n) is 2.21. The minimum Gasteiger partial charge on any atom is -0.865 e. The lowest BCUT2D eigenvalue weighted by Crippen LogP contribution is -2.49. The minimum absolute atomic E-state index is 0.421. The smallest absolute Gasteiger partial charge is 0.371 e. The maximum absolute atomic E-state index is 11.1. The summed E-state index contributed by atoms with van der Waals surface area (Å²) in [5, 5.41) is 31.0. The van der Waals surface area contributed by atoms with Crippen LogP contribution < -0.4 is 20.5 Å². The quantitative estimate of drug-likeness (QED) is 0.285. The van der Waals surface area contributed by atoms with Crippen molar-refractivity contribution in [2.75, 3.05) is 0 Å². The van der Waals surface area contributed by atoms with Gasteiger partial charge in [0, 0.05) is 11.8 Å². The van der Waals surface area contributed by atoms with Crippen LogP contribution in [0, 0.1) is 10.1 Å². The van der Waals surface area contributed by atoms with Crippen LogP contribution in [0.15, 0.2) is 27.9 Å². The summed E-state index contributed by atoms with van der Waals surface area (Å²) in [6, 6.07) is 1.95. The molecule has 1 heterocycles. The van der Waals surface area contributed by atoms with Gasteiger partial charge in [0.1, 0.15) is 0 Å². The Morgan fingerprint density at radius 2 is 1.88 bits per heavy atom.